The summed E-state index contributed by atoms with van der Waals surface area (Å²) in [5.74, 6) is -0.199. The summed E-state index contributed by atoms with van der Waals surface area (Å²) >= 11 is 0. The summed E-state index contributed by atoms with van der Waals surface area (Å²) in [6, 6.07) is -0.838. The first-order chi connectivity index (χ1) is 41.8. The van der Waals surface area contributed by atoms with E-state index in [4.69, 9.17) is 9.47 Å². The Morgan fingerprint density at radius 1 is 0.412 bits per heavy atom. The van der Waals surface area contributed by atoms with Gasteiger partial charge in [0, 0.05) is 6.42 Å². The molecule has 1 amide bonds. The Labute approximate surface area is 521 Å². The van der Waals surface area contributed by atoms with E-state index in [2.05, 4.69) is 153 Å². The molecule has 1 rings (SSSR count). The fourth-order valence-corrected chi connectivity index (χ4v) is 10.0. The molecule has 0 radical (unpaired) electrons. The van der Waals surface area contributed by atoms with Crippen LogP contribution in [0.4, 0.5) is 0 Å². The van der Waals surface area contributed by atoms with Gasteiger partial charge in [-0.2, -0.15) is 0 Å². The van der Waals surface area contributed by atoms with Crippen molar-refractivity contribution in [3.63, 3.8) is 0 Å². The van der Waals surface area contributed by atoms with Gasteiger partial charge < -0.3 is 40.3 Å². The molecule has 7 unspecified atom stereocenters. The fourth-order valence-electron chi connectivity index (χ4n) is 10.0. The standard InChI is InChI=1S/C76H127NO8/c1-3-5-7-9-11-13-15-17-19-21-23-25-27-28-29-30-31-32-33-34-35-36-37-38-39-40-41-42-44-46-48-50-52-54-56-58-60-62-64-66-72(80)77-69(68-84-76-75(83)74(82)73(81)71(67-78)85-76)70(79)65-63-61-59-57-55-53-51-49-47-45-43-26-24-22-20-18-16-14-12-10-8-6-4-2/h5,7,11,13,17,19,23,25,28-29,31-32,34-35,37-38,40-41,44,46,55,57,63,65,69-71,73-76,78-79,81-83H,3-4,6,8-10,12,14-16,18,20-22,24,26-27,30,33,36,39,42-43,45,47-54,56,58-62,64,66-68H2,1-2H3,(H,77,80)/b7-5-,13-11-,19-17-,25-23-,29-28-,32-31-,35-34-,38-37-,41-40-,46-44-,57-55+,65-63+. The number of aliphatic hydroxyl groups is 5. The van der Waals surface area contributed by atoms with Crippen LogP contribution in [0.3, 0.4) is 0 Å². The van der Waals surface area contributed by atoms with Crippen LogP contribution in [-0.2, 0) is 14.3 Å². The first-order valence-electron chi connectivity index (χ1n) is 34.6. The minimum Gasteiger partial charge on any atom is -0.394 e. The van der Waals surface area contributed by atoms with Crippen LogP contribution >= 0.6 is 0 Å². The second-order valence-corrected chi connectivity index (χ2v) is 23.2. The van der Waals surface area contributed by atoms with E-state index in [0.717, 1.165) is 116 Å². The number of hydrogen-bond acceptors (Lipinski definition) is 8. The summed E-state index contributed by atoms with van der Waals surface area (Å²) in [7, 11) is 0. The van der Waals surface area contributed by atoms with Gasteiger partial charge in [-0.1, -0.05) is 301 Å². The second-order valence-electron chi connectivity index (χ2n) is 23.2. The van der Waals surface area contributed by atoms with Gasteiger partial charge in [0.1, 0.15) is 24.4 Å². The Kier molecular flexibility index (Phi) is 58.7. The van der Waals surface area contributed by atoms with E-state index in [1.165, 1.54) is 135 Å². The number of amides is 1. The van der Waals surface area contributed by atoms with Crippen molar-refractivity contribution in [1.29, 1.82) is 0 Å². The van der Waals surface area contributed by atoms with Crippen LogP contribution in [0.15, 0.2) is 146 Å². The van der Waals surface area contributed by atoms with Crippen LogP contribution in [0.2, 0.25) is 0 Å². The van der Waals surface area contributed by atoms with Gasteiger partial charge in [-0.25, -0.2) is 0 Å². The monoisotopic (exact) mass is 1180 g/mol. The van der Waals surface area contributed by atoms with Crippen LogP contribution in [0, 0.1) is 0 Å². The van der Waals surface area contributed by atoms with Gasteiger partial charge in [-0.15, -0.1) is 0 Å². The molecule has 0 aromatic rings. The number of aliphatic hydroxyl groups excluding tert-OH is 5. The Morgan fingerprint density at radius 2 is 0.741 bits per heavy atom. The molecule has 0 saturated carbocycles. The van der Waals surface area contributed by atoms with Gasteiger partial charge in [-0.3, -0.25) is 4.79 Å². The van der Waals surface area contributed by atoms with Crippen molar-refractivity contribution in [2.75, 3.05) is 13.2 Å². The molecule has 0 aromatic carbocycles. The average molecular weight is 1180 g/mol. The third-order valence-electron chi connectivity index (χ3n) is 15.4. The molecule has 484 valence electrons. The molecule has 1 fully saturated rings. The van der Waals surface area contributed by atoms with Gasteiger partial charge in [0.15, 0.2) is 6.29 Å². The van der Waals surface area contributed by atoms with Gasteiger partial charge in [0.25, 0.3) is 0 Å². The number of unbranched alkanes of at least 4 members (excludes halogenated alkanes) is 26. The number of nitrogens with one attached hydrogen (secondary N) is 1. The highest BCUT2D eigenvalue weighted by atomic mass is 16.7. The molecule has 0 bridgehead atoms. The van der Waals surface area contributed by atoms with Gasteiger partial charge >= 0.3 is 0 Å². The molecule has 7 atom stereocenters. The van der Waals surface area contributed by atoms with Gasteiger partial charge in [0.2, 0.25) is 5.91 Å². The number of ether oxygens (including phenoxy) is 2. The Morgan fingerprint density at radius 3 is 1.13 bits per heavy atom. The quantitative estimate of drug-likeness (QED) is 0.0261. The second kappa shape index (κ2) is 63.1. The van der Waals surface area contributed by atoms with Crippen molar-refractivity contribution in [3.8, 4) is 0 Å². The number of rotatable bonds is 58. The summed E-state index contributed by atoms with van der Waals surface area (Å²) in [4.78, 5) is 13.1. The molecule has 1 aliphatic rings. The van der Waals surface area contributed by atoms with Crippen LogP contribution in [0.1, 0.15) is 271 Å². The molecule has 0 aromatic heterocycles. The molecular weight excluding hydrogens is 1050 g/mol. The van der Waals surface area contributed by atoms with E-state index >= 15 is 0 Å². The lowest BCUT2D eigenvalue weighted by atomic mass is 9.99. The highest BCUT2D eigenvalue weighted by Gasteiger charge is 2.44. The van der Waals surface area contributed by atoms with E-state index in [1.807, 2.05) is 6.08 Å². The van der Waals surface area contributed by atoms with Crippen molar-refractivity contribution >= 4 is 5.91 Å². The van der Waals surface area contributed by atoms with Crippen molar-refractivity contribution in [2.45, 2.75) is 314 Å². The summed E-state index contributed by atoms with van der Waals surface area (Å²) in [5.41, 5.74) is 0. The van der Waals surface area contributed by atoms with E-state index in [0.29, 0.717) is 6.42 Å². The van der Waals surface area contributed by atoms with Gasteiger partial charge in [0.05, 0.1) is 25.4 Å². The van der Waals surface area contributed by atoms with E-state index in [9.17, 15) is 30.3 Å². The zero-order valence-electron chi connectivity index (χ0n) is 54.1. The maximum absolute atomic E-state index is 13.1. The largest absolute Gasteiger partial charge is 0.394 e. The first kappa shape index (κ1) is 79.1. The smallest absolute Gasteiger partial charge is 0.220 e. The van der Waals surface area contributed by atoms with Crippen LogP contribution < -0.4 is 5.32 Å². The Balaban J connectivity index is 2.19. The molecule has 0 aliphatic carbocycles. The minimum atomic E-state index is -1.58. The predicted octanol–water partition coefficient (Wildman–Crippen LogP) is 19.0. The normalized spacial score (nSPS) is 19.1. The fraction of sp³-hybridized carbons (Fsp3) is 0.671. The number of carbonyl (C=O) groups excluding carboxylic acids is 1. The molecule has 9 nitrogen and oxygen atoms in total. The highest BCUT2D eigenvalue weighted by Crippen LogP contribution is 2.23. The van der Waals surface area contributed by atoms with Crippen molar-refractivity contribution < 1.29 is 39.8 Å². The zero-order chi connectivity index (χ0) is 61.4. The molecule has 85 heavy (non-hydrogen) atoms. The lowest BCUT2D eigenvalue weighted by Crippen LogP contribution is -2.60. The van der Waals surface area contributed by atoms with Gasteiger partial charge in [-0.05, 0) is 109 Å². The van der Waals surface area contributed by atoms with Crippen molar-refractivity contribution in [1.82, 2.24) is 5.32 Å². The lowest BCUT2D eigenvalue weighted by Gasteiger charge is -2.40. The summed E-state index contributed by atoms with van der Waals surface area (Å²) in [6.07, 6.45) is 90.8. The SMILES string of the molecule is CC/C=C\C/C=C\C/C=C\C/C=C\C/C=C\C/C=C\C/C=C\C/C=C\C/C=C\C/C=C\CCCCCCCCCCC(=O)NC(COC1OC(CO)C(O)C(O)C1O)C(O)/C=C/CC/C=C/CCCCCCCCCCCCCCCCCCC. The van der Waals surface area contributed by atoms with Crippen LogP contribution in [0.25, 0.3) is 0 Å². The maximum atomic E-state index is 13.1. The van der Waals surface area contributed by atoms with Crippen LogP contribution in [0.5, 0.6) is 0 Å². The molecule has 6 N–H and O–H groups in total. The average Bonchev–Trinajstić information content (AvgIpc) is 3.66. The number of hydrogen-bond donors (Lipinski definition) is 6. The van der Waals surface area contributed by atoms with Crippen molar-refractivity contribution in [3.05, 3.63) is 146 Å². The van der Waals surface area contributed by atoms with E-state index in [1.54, 1.807) is 6.08 Å². The summed E-state index contributed by atoms with van der Waals surface area (Å²) < 4.78 is 11.3. The Hall–Kier alpha value is -3.93. The minimum absolute atomic E-state index is 0.199. The highest BCUT2D eigenvalue weighted by molar-refractivity contribution is 5.76. The first-order valence-corrected chi connectivity index (χ1v) is 34.6. The lowest BCUT2D eigenvalue weighted by molar-refractivity contribution is -0.302. The summed E-state index contributed by atoms with van der Waals surface area (Å²) in [6.45, 7) is 3.66. The topological polar surface area (TPSA) is 149 Å². The van der Waals surface area contributed by atoms with E-state index in [-0.39, 0.29) is 12.5 Å². The number of allylic oxidation sites excluding steroid dienone is 23. The predicted molar refractivity (Wildman–Crippen MR) is 363 cm³/mol. The van der Waals surface area contributed by atoms with Crippen molar-refractivity contribution in [2.24, 2.45) is 0 Å². The maximum Gasteiger partial charge on any atom is 0.220 e. The molecule has 1 aliphatic heterocycles. The third kappa shape index (κ3) is 51.8. The number of carbonyl (C=O) groups is 1. The molecule has 0 spiro atoms. The molecule has 1 saturated heterocycles. The summed E-state index contributed by atoms with van der Waals surface area (Å²) in [5, 5.41) is 54.7. The molecule has 9 heteroatoms. The zero-order valence-corrected chi connectivity index (χ0v) is 54.1. The molecule has 1 heterocycles. The van der Waals surface area contributed by atoms with Crippen LogP contribution in [-0.4, -0.2) is 87.5 Å². The third-order valence-corrected chi connectivity index (χ3v) is 15.4. The van der Waals surface area contributed by atoms with E-state index < -0.39 is 49.5 Å². The molecular formula is C76H127NO8. The Bertz CT molecular complexity index is 1850.